The lowest BCUT2D eigenvalue weighted by atomic mass is 10.0. The summed E-state index contributed by atoms with van der Waals surface area (Å²) in [5, 5.41) is 10.7. The van der Waals surface area contributed by atoms with Gasteiger partial charge in [0.15, 0.2) is 12.2 Å². The highest BCUT2D eigenvalue weighted by Gasteiger charge is 2.31. The molecule has 642 valence electrons. The highest BCUT2D eigenvalue weighted by atomic mass is 31.2. The van der Waals surface area contributed by atoms with E-state index < -0.39 is 97.5 Å². The molecule has 2 unspecified atom stereocenters. The summed E-state index contributed by atoms with van der Waals surface area (Å²) in [7, 11) is -9.93. The summed E-state index contributed by atoms with van der Waals surface area (Å²) in [4.78, 5) is 73.3. The zero-order chi connectivity index (χ0) is 79.3. The number of hydrogen-bond donors (Lipinski definition) is 3. The quantitative estimate of drug-likeness (QED) is 0.0222. The number of carbonyl (C=O) groups is 4. The fraction of sp³-hybridized carbons (Fsp3) is 0.955. The van der Waals surface area contributed by atoms with E-state index in [2.05, 4.69) is 48.5 Å². The standard InChI is InChI=1S/C89H174O17P2/c1-8-9-10-11-12-13-42-49-56-63-70-86(91)99-76-84(105-88(93)73-66-59-52-45-38-32-26-20-23-29-35-41-48-55-62-69-82(6)7)78-103-107(95,96)101-74-83(90)75-102-108(97,98)104-79-85(77-100-87(92)71-64-57-50-43-36-30-24-19-18-22-28-34-40-47-54-61-68-81(4)5)106-89(94)72-65-58-51-44-37-31-25-17-15-14-16-21-27-33-39-46-53-60-67-80(2)3/h80-85,90H,8-79H2,1-7H3,(H,95,96)(H,97,98)/t83-,84+,85+/m0/s1. The molecule has 0 fully saturated rings. The van der Waals surface area contributed by atoms with E-state index in [1.54, 1.807) is 0 Å². The second kappa shape index (κ2) is 78.9. The summed E-state index contributed by atoms with van der Waals surface area (Å²) in [5.74, 6) is 0.336. The summed E-state index contributed by atoms with van der Waals surface area (Å²) in [5.41, 5.74) is 0. The summed E-state index contributed by atoms with van der Waals surface area (Å²) < 4.78 is 69.0. The number of rotatable bonds is 87. The van der Waals surface area contributed by atoms with E-state index in [1.807, 2.05) is 0 Å². The Labute approximate surface area is 664 Å². The number of ether oxygens (including phenoxy) is 4. The van der Waals surface area contributed by atoms with Crippen molar-refractivity contribution in [1.82, 2.24) is 0 Å². The van der Waals surface area contributed by atoms with Crippen LogP contribution in [0, 0.1) is 17.8 Å². The van der Waals surface area contributed by atoms with Crippen molar-refractivity contribution in [1.29, 1.82) is 0 Å². The molecule has 0 aliphatic rings. The second-order valence-corrected chi connectivity index (χ2v) is 36.3. The molecule has 0 aliphatic carbocycles. The van der Waals surface area contributed by atoms with Crippen molar-refractivity contribution >= 4 is 39.5 Å². The minimum Gasteiger partial charge on any atom is -0.462 e. The van der Waals surface area contributed by atoms with Gasteiger partial charge in [0.05, 0.1) is 26.4 Å². The molecule has 0 heterocycles. The number of phosphoric acid groups is 2. The summed E-state index contributed by atoms with van der Waals surface area (Å²) in [6.45, 7) is 12.1. The van der Waals surface area contributed by atoms with Crippen LogP contribution in [0.15, 0.2) is 0 Å². The molecule has 0 aromatic heterocycles. The smallest absolute Gasteiger partial charge is 0.462 e. The van der Waals surface area contributed by atoms with E-state index in [0.717, 1.165) is 108 Å². The van der Waals surface area contributed by atoms with Gasteiger partial charge < -0.3 is 33.8 Å². The summed E-state index contributed by atoms with van der Waals surface area (Å²) in [6.07, 6.45) is 70.8. The molecular formula is C89H174O17P2. The Morgan fingerprint density at radius 1 is 0.250 bits per heavy atom. The Hall–Kier alpha value is -1.94. The van der Waals surface area contributed by atoms with Gasteiger partial charge in [0, 0.05) is 25.7 Å². The van der Waals surface area contributed by atoms with Gasteiger partial charge in [0.2, 0.25) is 0 Å². The third-order valence-electron chi connectivity index (χ3n) is 20.9. The topological polar surface area (TPSA) is 237 Å². The predicted octanol–water partition coefficient (Wildman–Crippen LogP) is 27.3. The van der Waals surface area contributed by atoms with Crippen molar-refractivity contribution in [2.45, 2.75) is 491 Å². The minimum atomic E-state index is -4.97. The minimum absolute atomic E-state index is 0.108. The van der Waals surface area contributed by atoms with E-state index in [9.17, 15) is 43.2 Å². The van der Waals surface area contributed by atoms with Crippen LogP contribution in [0.1, 0.15) is 472 Å². The zero-order valence-corrected chi connectivity index (χ0v) is 73.1. The lowest BCUT2D eigenvalue weighted by Crippen LogP contribution is -2.30. The molecule has 0 saturated heterocycles. The van der Waals surface area contributed by atoms with Gasteiger partial charge in [0.1, 0.15) is 19.3 Å². The summed E-state index contributed by atoms with van der Waals surface area (Å²) >= 11 is 0. The molecular weight excluding hydrogens is 1400 g/mol. The maximum Gasteiger partial charge on any atom is 0.472 e. The molecule has 0 spiro atoms. The van der Waals surface area contributed by atoms with Gasteiger partial charge in [0.25, 0.3) is 0 Å². The van der Waals surface area contributed by atoms with Gasteiger partial charge in [-0.1, -0.05) is 421 Å². The summed E-state index contributed by atoms with van der Waals surface area (Å²) in [6, 6.07) is 0. The number of phosphoric ester groups is 2. The average Bonchev–Trinajstić information content (AvgIpc) is 0.895. The maximum atomic E-state index is 13.2. The molecule has 5 atom stereocenters. The molecule has 0 aliphatic heterocycles. The third kappa shape index (κ3) is 82.1. The van der Waals surface area contributed by atoms with Crippen molar-refractivity contribution in [3.05, 3.63) is 0 Å². The van der Waals surface area contributed by atoms with Gasteiger partial charge in [-0.15, -0.1) is 0 Å². The molecule has 0 saturated carbocycles. The van der Waals surface area contributed by atoms with Crippen LogP contribution >= 0.6 is 15.6 Å². The predicted molar refractivity (Wildman–Crippen MR) is 446 cm³/mol. The van der Waals surface area contributed by atoms with Crippen LogP contribution in [0.2, 0.25) is 0 Å². The molecule has 108 heavy (non-hydrogen) atoms. The second-order valence-electron chi connectivity index (χ2n) is 33.4. The van der Waals surface area contributed by atoms with Crippen LogP contribution in [-0.2, 0) is 65.4 Å². The lowest BCUT2D eigenvalue weighted by Gasteiger charge is -2.21. The Bertz CT molecular complexity index is 2080. The largest absolute Gasteiger partial charge is 0.472 e. The van der Waals surface area contributed by atoms with Crippen LogP contribution in [-0.4, -0.2) is 96.7 Å². The van der Waals surface area contributed by atoms with Crippen molar-refractivity contribution in [2.75, 3.05) is 39.6 Å². The first-order valence-corrected chi connectivity index (χ1v) is 48.8. The third-order valence-corrected chi connectivity index (χ3v) is 22.8. The van der Waals surface area contributed by atoms with Crippen LogP contribution in [0.4, 0.5) is 0 Å². The molecule has 0 aromatic carbocycles. The molecule has 0 rings (SSSR count). The Morgan fingerprint density at radius 2 is 0.426 bits per heavy atom. The van der Waals surface area contributed by atoms with Crippen molar-refractivity contribution in [3.8, 4) is 0 Å². The van der Waals surface area contributed by atoms with E-state index in [1.165, 1.54) is 283 Å². The zero-order valence-electron chi connectivity index (χ0n) is 71.3. The first-order valence-electron chi connectivity index (χ1n) is 45.8. The molecule has 3 N–H and O–H groups in total. The van der Waals surface area contributed by atoms with E-state index in [4.69, 9.17) is 37.0 Å². The van der Waals surface area contributed by atoms with Crippen molar-refractivity contribution < 1.29 is 80.2 Å². The van der Waals surface area contributed by atoms with Crippen molar-refractivity contribution in [3.63, 3.8) is 0 Å². The highest BCUT2D eigenvalue weighted by molar-refractivity contribution is 7.47. The molecule has 19 heteroatoms. The van der Waals surface area contributed by atoms with Gasteiger partial charge >= 0.3 is 39.5 Å². The Balaban J connectivity index is 5.22. The normalized spacial score (nSPS) is 13.8. The monoisotopic (exact) mass is 1580 g/mol. The van der Waals surface area contributed by atoms with Gasteiger partial charge in [-0.05, 0) is 43.4 Å². The molecule has 0 aromatic rings. The maximum absolute atomic E-state index is 13.2. The number of aliphatic hydroxyl groups excluding tert-OH is 1. The first-order chi connectivity index (χ1) is 52.2. The van der Waals surface area contributed by atoms with Gasteiger partial charge in [-0.3, -0.25) is 37.3 Å². The Morgan fingerprint density at radius 3 is 0.630 bits per heavy atom. The van der Waals surface area contributed by atoms with E-state index in [-0.39, 0.29) is 25.7 Å². The number of unbranched alkanes of at least 4 members (excludes halogenated alkanes) is 55. The number of carbonyl (C=O) groups excluding carboxylic acids is 4. The lowest BCUT2D eigenvalue weighted by molar-refractivity contribution is -0.161. The number of aliphatic hydroxyl groups is 1. The molecule has 0 radical (unpaired) electrons. The average molecular weight is 1580 g/mol. The fourth-order valence-electron chi connectivity index (χ4n) is 13.9. The van der Waals surface area contributed by atoms with Gasteiger partial charge in [-0.2, -0.15) is 0 Å². The molecule has 17 nitrogen and oxygen atoms in total. The van der Waals surface area contributed by atoms with Crippen LogP contribution < -0.4 is 0 Å². The highest BCUT2D eigenvalue weighted by Crippen LogP contribution is 2.45. The molecule has 0 amide bonds. The van der Waals surface area contributed by atoms with Crippen molar-refractivity contribution in [2.24, 2.45) is 17.8 Å². The van der Waals surface area contributed by atoms with Crippen LogP contribution in [0.3, 0.4) is 0 Å². The molecule has 0 bridgehead atoms. The number of hydrogen-bond acceptors (Lipinski definition) is 15. The number of esters is 4. The Kier molecular flexibility index (Phi) is 77.5. The van der Waals surface area contributed by atoms with Crippen LogP contribution in [0.25, 0.3) is 0 Å². The van der Waals surface area contributed by atoms with Crippen LogP contribution in [0.5, 0.6) is 0 Å². The van der Waals surface area contributed by atoms with E-state index >= 15 is 0 Å². The van der Waals surface area contributed by atoms with Gasteiger partial charge in [-0.25, -0.2) is 9.13 Å². The van der Waals surface area contributed by atoms with E-state index in [0.29, 0.717) is 25.7 Å². The SMILES string of the molecule is CCCCCCCCCCCCC(=O)OC[C@H](COP(=O)(O)OC[C@H](O)COP(=O)(O)OC[C@@H](COC(=O)CCCCCCCCCCCCCCCCCCC(C)C)OC(=O)CCCCCCCCCCCCCCCCCCCCC(C)C)OC(=O)CCCCCCCCCCCCCCCCCC(C)C. The fourth-order valence-corrected chi connectivity index (χ4v) is 15.5. The first kappa shape index (κ1) is 106.